The largest absolute Gasteiger partial charge is 0.481 e. The molecule has 1 aliphatic rings. The fourth-order valence-corrected chi connectivity index (χ4v) is 4.82. The molecule has 7 heteroatoms. The second-order valence-electron chi connectivity index (χ2n) is 9.03. The van der Waals surface area contributed by atoms with E-state index in [0.29, 0.717) is 36.4 Å². The van der Waals surface area contributed by atoms with Crippen molar-refractivity contribution >= 4 is 23.0 Å². The summed E-state index contributed by atoms with van der Waals surface area (Å²) in [6, 6.07) is 17.7. The predicted molar refractivity (Wildman–Crippen MR) is 129 cm³/mol. The summed E-state index contributed by atoms with van der Waals surface area (Å²) in [5.74, 6) is -0.284. The van der Waals surface area contributed by atoms with Crippen molar-refractivity contribution in [3.63, 3.8) is 0 Å². The summed E-state index contributed by atoms with van der Waals surface area (Å²) in [6.07, 6.45) is 1.42. The number of aryl methyl sites for hydroxylation is 1. The molecule has 2 aromatic carbocycles. The van der Waals surface area contributed by atoms with Crippen molar-refractivity contribution in [2.45, 2.75) is 38.6 Å². The minimum atomic E-state index is -0.798. The molecule has 1 unspecified atom stereocenters. The number of fused-ring (bicyclic) bond motifs is 3. The molecule has 0 saturated heterocycles. The molecule has 0 spiro atoms. The van der Waals surface area contributed by atoms with E-state index in [1.807, 2.05) is 55.5 Å². The van der Waals surface area contributed by atoms with Gasteiger partial charge in [0.25, 0.3) is 5.91 Å². The highest BCUT2D eigenvalue weighted by Crippen LogP contribution is 2.34. The van der Waals surface area contributed by atoms with Crippen molar-refractivity contribution in [2.24, 2.45) is 0 Å². The second kappa shape index (κ2) is 8.74. The van der Waals surface area contributed by atoms with Crippen LogP contribution in [-0.2, 0) is 24.2 Å². The highest BCUT2D eigenvalue weighted by Gasteiger charge is 2.25. The number of rotatable bonds is 5. The minimum Gasteiger partial charge on any atom is -0.481 e. The van der Waals surface area contributed by atoms with E-state index >= 15 is 0 Å². The van der Waals surface area contributed by atoms with Crippen molar-refractivity contribution < 1.29 is 14.7 Å². The lowest BCUT2D eigenvalue weighted by Crippen LogP contribution is -2.27. The van der Waals surface area contributed by atoms with Gasteiger partial charge in [0.1, 0.15) is 5.82 Å². The van der Waals surface area contributed by atoms with Gasteiger partial charge in [0.05, 0.1) is 18.5 Å². The standard InChI is InChI=1S/C27H26N4O3/c1-16-7-10-23-26(28-16)30-24(29-23)15-31(2)27(34)19-9-8-17-11-21(14-25(32)33)22-6-4-3-5-18(22)12-20(17)13-19/h3-10,13,21H,11-12,14-15H2,1-2H3,(H,32,33)(H,28,29,30). The summed E-state index contributed by atoms with van der Waals surface area (Å²) < 4.78 is 0. The van der Waals surface area contributed by atoms with E-state index in [0.717, 1.165) is 33.5 Å². The molecule has 1 aliphatic carbocycles. The Labute approximate surface area is 197 Å². The number of aromatic nitrogens is 3. The lowest BCUT2D eigenvalue weighted by atomic mass is 9.89. The first-order valence-electron chi connectivity index (χ1n) is 11.4. The monoisotopic (exact) mass is 454 g/mol. The Hall–Kier alpha value is -4.00. The van der Waals surface area contributed by atoms with E-state index in [2.05, 4.69) is 21.0 Å². The summed E-state index contributed by atoms with van der Waals surface area (Å²) >= 11 is 0. The Morgan fingerprint density at radius 3 is 2.71 bits per heavy atom. The van der Waals surface area contributed by atoms with Crippen molar-refractivity contribution in [3.8, 4) is 0 Å². The number of H-pyrrole nitrogens is 1. The number of nitrogens with one attached hydrogen (secondary N) is 1. The van der Waals surface area contributed by atoms with E-state index < -0.39 is 5.97 Å². The smallest absolute Gasteiger partial charge is 0.303 e. The fourth-order valence-electron chi connectivity index (χ4n) is 4.82. The number of carboxylic acid groups (broad SMARTS) is 1. The molecule has 2 aromatic heterocycles. The Kier molecular flexibility index (Phi) is 5.61. The number of aromatic amines is 1. The quantitative estimate of drug-likeness (QED) is 0.470. The molecule has 0 fully saturated rings. The molecule has 34 heavy (non-hydrogen) atoms. The van der Waals surface area contributed by atoms with Gasteiger partial charge in [0.15, 0.2) is 5.65 Å². The summed E-state index contributed by atoms with van der Waals surface area (Å²) in [7, 11) is 1.76. The van der Waals surface area contributed by atoms with Gasteiger partial charge in [-0.3, -0.25) is 9.59 Å². The van der Waals surface area contributed by atoms with E-state index in [4.69, 9.17) is 0 Å². The third kappa shape index (κ3) is 4.29. The van der Waals surface area contributed by atoms with Crippen LogP contribution in [0.2, 0.25) is 0 Å². The van der Waals surface area contributed by atoms with E-state index in [9.17, 15) is 14.7 Å². The maximum atomic E-state index is 13.2. The Balaban J connectivity index is 1.39. The Morgan fingerprint density at radius 1 is 1.06 bits per heavy atom. The van der Waals surface area contributed by atoms with Crippen LogP contribution in [0.3, 0.4) is 0 Å². The van der Waals surface area contributed by atoms with Gasteiger partial charge in [-0.15, -0.1) is 0 Å². The van der Waals surface area contributed by atoms with Crippen LogP contribution in [0.5, 0.6) is 0 Å². The van der Waals surface area contributed by atoms with Crippen LogP contribution in [0.1, 0.15) is 56.5 Å². The van der Waals surface area contributed by atoms with Crippen LogP contribution in [0, 0.1) is 6.92 Å². The molecule has 5 rings (SSSR count). The maximum absolute atomic E-state index is 13.2. The average molecular weight is 455 g/mol. The highest BCUT2D eigenvalue weighted by atomic mass is 16.4. The molecular weight excluding hydrogens is 428 g/mol. The minimum absolute atomic E-state index is 0.0792. The zero-order chi connectivity index (χ0) is 23.8. The average Bonchev–Trinajstić information content (AvgIpc) is 3.13. The zero-order valence-corrected chi connectivity index (χ0v) is 19.2. The van der Waals surface area contributed by atoms with Gasteiger partial charge < -0.3 is 15.0 Å². The number of carbonyl (C=O) groups excluding carboxylic acids is 1. The maximum Gasteiger partial charge on any atom is 0.303 e. The van der Waals surface area contributed by atoms with E-state index in [1.165, 1.54) is 0 Å². The first-order chi connectivity index (χ1) is 16.4. The summed E-state index contributed by atoms with van der Waals surface area (Å²) in [5, 5.41) is 9.43. The molecule has 1 atom stereocenters. The molecule has 2 heterocycles. The van der Waals surface area contributed by atoms with Crippen LogP contribution >= 0.6 is 0 Å². The van der Waals surface area contributed by atoms with Gasteiger partial charge in [-0.05, 0) is 72.2 Å². The van der Waals surface area contributed by atoms with Gasteiger partial charge in [-0.2, -0.15) is 0 Å². The number of imidazole rings is 1. The van der Waals surface area contributed by atoms with Gasteiger partial charge in [0.2, 0.25) is 0 Å². The Bertz CT molecular complexity index is 1410. The fraction of sp³-hybridized carbons (Fsp3) is 0.259. The molecule has 0 aliphatic heterocycles. The number of pyridine rings is 1. The zero-order valence-electron chi connectivity index (χ0n) is 19.2. The molecule has 7 nitrogen and oxygen atoms in total. The normalized spacial score (nSPS) is 14.8. The van der Waals surface area contributed by atoms with Crippen molar-refractivity contribution in [3.05, 3.63) is 93.9 Å². The second-order valence-corrected chi connectivity index (χ2v) is 9.03. The predicted octanol–water partition coefficient (Wildman–Crippen LogP) is 4.24. The summed E-state index contributed by atoms with van der Waals surface area (Å²) in [4.78, 5) is 38.5. The molecule has 0 bridgehead atoms. The van der Waals surface area contributed by atoms with Gasteiger partial charge >= 0.3 is 5.97 Å². The van der Waals surface area contributed by atoms with Crippen LogP contribution in [0.4, 0.5) is 0 Å². The van der Waals surface area contributed by atoms with Crippen LogP contribution in [-0.4, -0.2) is 43.9 Å². The van der Waals surface area contributed by atoms with Crippen molar-refractivity contribution in [1.29, 1.82) is 0 Å². The Morgan fingerprint density at radius 2 is 1.88 bits per heavy atom. The number of benzene rings is 2. The van der Waals surface area contributed by atoms with Crippen LogP contribution < -0.4 is 0 Å². The first-order valence-corrected chi connectivity index (χ1v) is 11.4. The number of carbonyl (C=O) groups is 2. The number of nitrogens with zero attached hydrogens (tertiary/aromatic N) is 3. The molecular formula is C27H26N4O3. The number of carboxylic acids is 1. The molecule has 172 valence electrons. The van der Waals surface area contributed by atoms with Gasteiger partial charge in [-0.1, -0.05) is 30.3 Å². The van der Waals surface area contributed by atoms with Crippen molar-refractivity contribution in [1.82, 2.24) is 19.9 Å². The molecule has 4 aromatic rings. The summed E-state index contributed by atoms with van der Waals surface area (Å²) in [5.41, 5.74) is 7.38. The number of amides is 1. The van der Waals surface area contributed by atoms with E-state index in [-0.39, 0.29) is 18.2 Å². The molecule has 0 saturated carbocycles. The lowest BCUT2D eigenvalue weighted by Gasteiger charge is -2.17. The SMILES string of the molecule is Cc1ccc2[nH]c(CN(C)C(=O)c3ccc4c(c3)Cc3ccccc3C(CC(=O)O)C4)nc2n1. The first kappa shape index (κ1) is 21.8. The topological polar surface area (TPSA) is 99.2 Å². The number of hydrogen-bond donors (Lipinski definition) is 2. The number of aliphatic carboxylic acids is 1. The molecule has 0 radical (unpaired) electrons. The third-order valence-corrected chi connectivity index (χ3v) is 6.48. The lowest BCUT2D eigenvalue weighted by molar-refractivity contribution is -0.137. The van der Waals surface area contributed by atoms with Crippen molar-refractivity contribution in [2.75, 3.05) is 7.05 Å². The molecule has 2 N–H and O–H groups in total. The molecule has 1 amide bonds. The van der Waals surface area contributed by atoms with Gasteiger partial charge in [-0.25, -0.2) is 9.97 Å². The third-order valence-electron chi connectivity index (χ3n) is 6.48. The van der Waals surface area contributed by atoms with Crippen LogP contribution in [0.15, 0.2) is 54.6 Å². The van der Waals surface area contributed by atoms with Crippen LogP contribution in [0.25, 0.3) is 11.2 Å². The van der Waals surface area contributed by atoms with Gasteiger partial charge in [0, 0.05) is 18.3 Å². The highest BCUT2D eigenvalue weighted by molar-refractivity contribution is 5.94. The number of hydrogen-bond acceptors (Lipinski definition) is 4. The van der Waals surface area contributed by atoms with E-state index in [1.54, 1.807) is 11.9 Å². The summed E-state index contributed by atoms with van der Waals surface area (Å²) in [6.45, 7) is 2.26.